The molecule has 1 saturated heterocycles. The summed E-state index contributed by atoms with van der Waals surface area (Å²) in [4.78, 5) is 11.9. The molecule has 1 aromatic rings. The summed E-state index contributed by atoms with van der Waals surface area (Å²) in [5.74, 6) is -0.0827. The van der Waals surface area contributed by atoms with E-state index in [0.29, 0.717) is 13.0 Å². The van der Waals surface area contributed by atoms with E-state index in [1.807, 2.05) is 0 Å². The van der Waals surface area contributed by atoms with Crippen LogP contribution in [-0.4, -0.2) is 37.4 Å². The van der Waals surface area contributed by atoms with Gasteiger partial charge in [0.15, 0.2) is 6.61 Å². The number of carbonyl (C=O) groups is 1. The van der Waals surface area contributed by atoms with Crippen molar-refractivity contribution in [3.63, 3.8) is 0 Å². The Morgan fingerprint density at radius 1 is 1.29 bits per heavy atom. The molecule has 1 aromatic carbocycles. The number of carbonyl (C=O) groups excluding carboxylic acids is 1. The fraction of sp³-hybridized carbons (Fsp3) is 0.533. The summed E-state index contributed by atoms with van der Waals surface area (Å²) in [6, 6.07) is 6.07. The number of benzene rings is 1. The van der Waals surface area contributed by atoms with Crippen molar-refractivity contribution >= 4 is 18.3 Å². The third-order valence-electron chi connectivity index (χ3n) is 3.46. The lowest BCUT2D eigenvalue weighted by Gasteiger charge is -2.13. The standard InChI is InChI=1S/C15H19F3N2O3.ClH/c16-15(17,18)9-22-11-3-1-10(2-4-11)8-20-14(21)13-6-5-12(7-19)23-13;/h1-4,12-13H,5-9,19H2,(H,20,21);1H/t12-,13+;/m1./s1. The first-order chi connectivity index (χ1) is 10.9. The molecule has 1 aliphatic heterocycles. The zero-order chi connectivity index (χ0) is 16.9. The Balaban J connectivity index is 0.00000288. The van der Waals surface area contributed by atoms with Crippen molar-refractivity contribution in [3.05, 3.63) is 29.8 Å². The van der Waals surface area contributed by atoms with E-state index in [-0.39, 0.29) is 36.7 Å². The minimum Gasteiger partial charge on any atom is -0.484 e. The molecule has 0 unspecified atom stereocenters. The van der Waals surface area contributed by atoms with Crippen LogP contribution in [0.25, 0.3) is 0 Å². The Morgan fingerprint density at radius 2 is 1.96 bits per heavy atom. The molecule has 0 aromatic heterocycles. The Labute approximate surface area is 144 Å². The van der Waals surface area contributed by atoms with Crippen LogP contribution in [0.3, 0.4) is 0 Å². The highest BCUT2D eigenvalue weighted by Gasteiger charge is 2.30. The predicted molar refractivity (Wildman–Crippen MR) is 84.0 cm³/mol. The third kappa shape index (κ3) is 6.54. The van der Waals surface area contributed by atoms with Crippen LogP contribution in [0.15, 0.2) is 24.3 Å². The average molecular weight is 369 g/mol. The zero-order valence-corrected chi connectivity index (χ0v) is 13.7. The van der Waals surface area contributed by atoms with Crippen molar-refractivity contribution in [1.82, 2.24) is 5.32 Å². The van der Waals surface area contributed by atoms with Crippen molar-refractivity contribution in [1.29, 1.82) is 0 Å². The number of hydrogen-bond acceptors (Lipinski definition) is 4. The van der Waals surface area contributed by atoms with E-state index in [1.54, 1.807) is 12.1 Å². The molecular weight excluding hydrogens is 349 g/mol. The number of hydrogen-bond donors (Lipinski definition) is 2. The van der Waals surface area contributed by atoms with Gasteiger partial charge in [-0.25, -0.2) is 0 Å². The lowest BCUT2D eigenvalue weighted by atomic mass is 10.1. The Kier molecular flexibility index (Phi) is 7.78. The van der Waals surface area contributed by atoms with Crippen LogP contribution in [0.2, 0.25) is 0 Å². The lowest BCUT2D eigenvalue weighted by Crippen LogP contribution is -2.35. The highest BCUT2D eigenvalue weighted by atomic mass is 35.5. The molecule has 9 heteroatoms. The van der Waals surface area contributed by atoms with Gasteiger partial charge in [-0.15, -0.1) is 12.4 Å². The molecule has 0 aliphatic carbocycles. The quantitative estimate of drug-likeness (QED) is 0.807. The van der Waals surface area contributed by atoms with Crippen LogP contribution in [0, 0.1) is 0 Å². The van der Waals surface area contributed by atoms with Crippen molar-refractivity contribution in [2.24, 2.45) is 5.73 Å². The Hall–Kier alpha value is -1.51. The summed E-state index contributed by atoms with van der Waals surface area (Å²) >= 11 is 0. The van der Waals surface area contributed by atoms with E-state index in [0.717, 1.165) is 12.0 Å². The maximum Gasteiger partial charge on any atom is 0.422 e. The Bertz CT molecular complexity index is 526. The first kappa shape index (κ1) is 20.5. The predicted octanol–water partition coefficient (Wildman–Crippen LogP) is 2.17. The van der Waals surface area contributed by atoms with Crippen molar-refractivity contribution in [2.75, 3.05) is 13.2 Å². The normalized spacial score (nSPS) is 20.3. The Morgan fingerprint density at radius 3 is 2.50 bits per heavy atom. The van der Waals surface area contributed by atoms with Crippen LogP contribution in [-0.2, 0) is 16.1 Å². The first-order valence-corrected chi connectivity index (χ1v) is 7.29. The molecule has 0 saturated carbocycles. The van der Waals surface area contributed by atoms with Crippen molar-refractivity contribution in [3.8, 4) is 5.75 Å². The minimum absolute atomic E-state index is 0. The van der Waals surface area contributed by atoms with Crippen LogP contribution in [0.4, 0.5) is 13.2 Å². The van der Waals surface area contributed by atoms with E-state index in [9.17, 15) is 18.0 Å². The molecule has 5 nitrogen and oxygen atoms in total. The topological polar surface area (TPSA) is 73.6 Å². The van der Waals surface area contributed by atoms with Gasteiger partial charge < -0.3 is 20.5 Å². The van der Waals surface area contributed by atoms with Crippen LogP contribution >= 0.6 is 12.4 Å². The van der Waals surface area contributed by atoms with E-state index < -0.39 is 18.9 Å². The number of ether oxygens (including phenoxy) is 2. The molecule has 0 radical (unpaired) electrons. The molecule has 136 valence electrons. The first-order valence-electron chi connectivity index (χ1n) is 7.29. The van der Waals surface area contributed by atoms with Gasteiger partial charge in [-0.3, -0.25) is 4.79 Å². The summed E-state index contributed by atoms with van der Waals surface area (Å²) in [5, 5.41) is 2.74. The zero-order valence-electron chi connectivity index (χ0n) is 12.8. The average Bonchev–Trinajstić information content (AvgIpc) is 3.00. The molecule has 24 heavy (non-hydrogen) atoms. The van der Waals surface area contributed by atoms with E-state index in [1.165, 1.54) is 12.1 Å². The van der Waals surface area contributed by atoms with Gasteiger partial charge >= 0.3 is 6.18 Å². The highest BCUT2D eigenvalue weighted by molar-refractivity contribution is 5.85. The number of halogens is 4. The summed E-state index contributed by atoms with van der Waals surface area (Å²) in [6.07, 6.45) is -3.53. The second-order valence-electron chi connectivity index (χ2n) is 5.33. The van der Waals surface area contributed by atoms with E-state index in [4.69, 9.17) is 10.5 Å². The van der Waals surface area contributed by atoms with Gasteiger partial charge in [0.1, 0.15) is 11.9 Å². The molecule has 1 aliphatic rings. The van der Waals surface area contributed by atoms with E-state index >= 15 is 0 Å². The van der Waals surface area contributed by atoms with Crippen LogP contribution in [0.5, 0.6) is 5.75 Å². The monoisotopic (exact) mass is 368 g/mol. The van der Waals surface area contributed by atoms with Gasteiger partial charge in [0.2, 0.25) is 5.91 Å². The fourth-order valence-corrected chi connectivity index (χ4v) is 2.24. The molecular formula is C15H20ClF3N2O3. The molecule has 0 bridgehead atoms. The third-order valence-corrected chi connectivity index (χ3v) is 3.46. The smallest absolute Gasteiger partial charge is 0.422 e. The molecule has 2 rings (SSSR count). The van der Waals surface area contributed by atoms with Crippen molar-refractivity contribution < 1.29 is 27.4 Å². The molecule has 3 N–H and O–H groups in total. The van der Waals surface area contributed by atoms with Gasteiger partial charge in [-0.2, -0.15) is 13.2 Å². The maximum atomic E-state index is 12.0. The molecule has 1 amide bonds. The second kappa shape index (κ2) is 9.10. The number of alkyl halides is 3. The summed E-state index contributed by atoms with van der Waals surface area (Å²) in [5.41, 5.74) is 6.24. The SMILES string of the molecule is Cl.NC[C@H]1CC[C@@H](C(=O)NCc2ccc(OCC(F)(F)F)cc2)O1. The van der Waals surface area contributed by atoms with Gasteiger partial charge in [-0.05, 0) is 30.5 Å². The van der Waals surface area contributed by atoms with Gasteiger partial charge in [0.25, 0.3) is 0 Å². The number of nitrogens with one attached hydrogen (secondary N) is 1. The maximum absolute atomic E-state index is 12.0. The lowest BCUT2D eigenvalue weighted by molar-refractivity contribution is -0.153. The van der Waals surface area contributed by atoms with Crippen LogP contribution < -0.4 is 15.8 Å². The number of nitrogens with two attached hydrogens (primary N) is 1. The van der Waals surface area contributed by atoms with Crippen LogP contribution in [0.1, 0.15) is 18.4 Å². The summed E-state index contributed by atoms with van der Waals surface area (Å²) < 4.78 is 46.2. The number of amides is 1. The second-order valence-corrected chi connectivity index (χ2v) is 5.33. The van der Waals surface area contributed by atoms with E-state index in [2.05, 4.69) is 10.1 Å². The molecule has 0 spiro atoms. The van der Waals surface area contributed by atoms with Gasteiger partial charge in [0.05, 0.1) is 6.10 Å². The van der Waals surface area contributed by atoms with Crippen molar-refractivity contribution in [2.45, 2.75) is 37.8 Å². The molecule has 1 heterocycles. The molecule has 1 fully saturated rings. The van der Waals surface area contributed by atoms with Gasteiger partial charge in [-0.1, -0.05) is 12.1 Å². The minimum atomic E-state index is -4.37. The van der Waals surface area contributed by atoms with Gasteiger partial charge in [0, 0.05) is 13.1 Å². The summed E-state index contributed by atoms with van der Waals surface area (Å²) in [6.45, 7) is -0.668. The summed E-state index contributed by atoms with van der Waals surface area (Å²) in [7, 11) is 0. The largest absolute Gasteiger partial charge is 0.484 e. The fourth-order valence-electron chi connectivity index (χ4n) is 2.24. The number of rotatable bonds is 6. The highest BCUT2D eigenvalue weighted by Crippen LogP contribution is 2.20. The molecule has 2 atom stereocenters.